The number of rotatable bonds is 5. The standard InChI is InChI=1S/C10H17BrN2O2S2.ClH/c1-10(2,6-12)7-13(3)17(14,15)9-8(11)4-5-16-9;/h4-5H,6-7,12H2,1-3H3;1H. The molecule has 0 atom stereocenters. The summed E-state index contributed by atoms with van der Waals surface area (Å²) in [6, 6.07) is 1.74. The second kappa shape index (κ2) is 6.67. The van der Waals surface area contributed by atoms with Crippen LogP contribution in [0.1, 0.15) is 13.8 Å². The van der Waals surface area contributed by atoms with E-state index in [9.17, 15) is 8.42 Å². The number of nitrogens with zero attached hydrogens (tertiary/aromatic N) is 1. The quantitative estimate of drug-likeness (QED) is 0.857. The molecule has 0 unspecified atom stereocenters. The Labute approximate surface area is 127 Å². The summed E-state index contributed by atoms with van der Waals surface area (Å²) in [7, 11) is -1.84. The van der Waals surface area contributed by atoms with Crippen LogP contribution in [0.3, 0.4) is 0 Å². The van der Waals surface area contributed by atoms with Crippen LogP contribution < -0.4 is 5.73 Å². The highest BCUT2D eigenvalue weighted by Gasteiger charge is 2.29. The van der Waals surface area contributed by atoms with Crippen molar-refractivity contribution in [2.45, 2.75) is 18.1 Å². The monoisotopic (exact) mass is 376 g/mol. The molecule has 4 nitrogen and oxygen atoms in total. The summed E-state index contributed by atoms with van der Waals surface area (Å²) in [5, 5.41) is 1.75. The lowest BCUT2D eigenvalue weighted by Gasteiger charge is -2.28. The van der Waals surface area contributed by atoms with Crippen molar-refractivity contribution in [1.82, 2.24) is 4.31 Å². The third kappa shape index (κ3) is 4.18. The van der Waals surface area contributed by atoms with E-state index in [0.717, 1.165) is 0 Å². The fourth-order valence-corrected chi connectivity index (χ4v) is 5.22. The van der Waals surface area contributed by atoms with E-state index in [4.69, 9.17) is 5.73 Å². The van der Waals surface area contributed by atoms with E-state index in [2.05, 4.69) is 15.9 Å². The van der Waals surface area contributed by atoms with Crippen molar-refractivity contribution in [3.05, 3.63) is 15.9 Å². The lowest BCUT2D eigenvalue weighted by molar-refractivity contribution is 0.292. The van der Waals surface area contributed by atoms with Crippen molar-refractivity contribution < 1.29 is 8.42 Å². The van der Waals surface area contributed by atoms with Crippen LogP contribution in [0.5, 0.6) is 0 Å². The van der Waals surface area contributed by atoms with Gasteiger partial charge in [0.1, 0.15) is 4.21 Å². The average Bonchev–Trinajstić information content (AvgIpc) is 2.64. The third-order valence-corrected chi connectivity index (χ3v) is 6.88. The van der Waals surface area contributed by atoms with Gasteiger partial charge in [-0.1, -0.05) is 13.8 Å². The fraction of sp³-hybridized carbons (Fsp3) is 0.600. The fourth-order valence-electron chi connectivity index (χ4n) is 1.36. The Kier molecular flexibility index (Phi) is 6.80. The molecule has 0 aliphatic carbocycles. The summed E-state index contributed by atoms with van der Waals surface area (Å²) in [5.74, 6) is 0. The van der Waals surface area contributed by atoms with Crippen molar-refractivity contribution in [3.8, 4) is 0 Å². The van der Waals surface area contributed by atoms with Crippen LogP contribution in [0.25, 0.3) is 0 Å². The molecule has 0 amide bonds. The molecule has 0 saturated carbocycles. The second-order valence-corrected chi connectivity index (χ2v) is 8.70. The van der Waals surface area contributed by atoms with Crippen LogP contribution in [0, 0.1) is 5.41 Å². The molecular weight excluding hydrogens is 360 g/mol. The Balaban J connectivity index is 0.00000289. The minimum absolute atomic E-state index is 0. The lowest BCUT2D eigenvalue weighted by atomic mass is 9.94. The molecule has 0 saturated heterocycles. The van der Waals surface area contributed by atoms with Gasteiger partial charge in [-0.15, -0.1) is 23.7 Å². The van der Waals surface area contributed by atoms with Gasteiger partial charge in [0, 0.05) is 18.1 Å². The zero-order chi connectivity index (χ0) is 13.3. The summed E-state index contributed by atoms with van der Waals surface area (Å²) in [5.41, 5.74) is 5.39. The molecule has 0 aliphatic rings. The molecule has 1 aromatic heterocycles. The highest BCUT2D eigenvalue weighted by Crippen LogP contribution is 2.30. The predicted molar refractivity (Wildman–Crippen MR) is 81.9 cm³/mol. The molecule has 0 bridgehead atoms. The Morgan fingerprint density at radius 1 is 1.50 bits per heavy atom. The van der Waals surface area contributed by atoms with Crippen molar-refractivity contribution in [1.29, 1.82) is 0 Å². The smallest absolute Gasteiger partial charge is 0.253 e. The van der Waals surface area contributed by atoms with E-state index in [1.54, 1.807) is 18.5 Å². The zero-order valence-electron chi connectivity index (χ0n) is 10.5. The minimum Gasteiger partial charge on any atom is -0.330 e. The molecule has 18 heavy (non-hydrogen) atoms. The van der Waals surface area contributed by atoms with Gasteiger partial charge in [-0.25, -0.2) is 8.42 Å². The first-order valence-electron chi connectivity index (χ1n) is 5.10. The SMILES string of the molecule is CN(CC(C)(C)CN)S(=O)(=O)c1sccc1Br.Cl. The molecule has 1 aromatic rings. The minimum atomic E-state index is -3.42. The topological polar surface area (TPSA) is 63.4 Å². The molecule has 0 aromatic carbocycles. The molecule has 1 rings (SSSR count). The Bertz CT molecular complexity index is 488. The number of hydrogen-bond acceptors (Lipinski definition) is 4. The average molecular weight is 378 g/mol. The summed E-state index contributed by atoms with van der Waals surface area (Å²) in [6.45, 7) is 4.74. The molecule has 0 radical (unpaired) electrons. The Morgan fingerprint density at radius 2 is 2.06 bits per heavy atom. The molecule has 0 fully saturated rings. The van der Waals surface area contributed by atoms with Crippen molar-refractivity contribution in [2.75, 3.05) is 20.1 Å². The number of nitrogens with two attached hydrogens (primary N) is 1. The van der Waals surface area contributed by atoms with Crippen molar-refractivity contribution in [2.24, 2.45) is 11.1 Å². The molecule has 1 heterocycles. The largest absolute Gasteiger partial charge is 0.330 e. The number of hydrogen-bond donors (Lipinski definition) is 1. The van der Waals surface area contributed by atoms with Gasteiger partial charge in [-0.3, -0.25) is 0 Å². The van der Waals surface area contributed by atoms with Crippen molar-refractivity contribution in [3.63, 3.8) is 0 Å². The zero-order valence-corrected chi connectivity index (χ0v) is 14.5. The molecule has 106 valence electrons. The van der Waals surface area contributed by atoms with Crippen LogP contribution in [0.15, 0.2) is 20.1 Å². The number of sulfonamides is 1. The summed E-state index contributed by atoms with van der Waals surface area (Å²) in [6.07, 6.45) is 0. The van der Waals surface area contributed by atoms with Gasteiger partial charge in [0.25, 0.3) is 10.0 Å². The molecule has 2 N–H and O–H groups in total. The maximum Gasteiger partial charge on any atom is 0.253 e. The van der Waals surface area contributed by atoms with Gasteiger partial charge in [-0.05, 0) is 39.3 Å². The molecule has 0 spiro atoms. The van der Waals surface area contributed by atoms with Gasteiger partial charge < -0.3 is 5.73 Å². The third-order valence-electron chi connectivity index (χ3n) is 2.43. The van der Waals surface area contributed by atoms with Gasteiger partial charge in [0.15, 0.2) is 0 Å². The van der Waals surface area contributed by atoms with Gasteiger partial charge in [0.2, 0.25) is 0 Å². The second-order valence-electron chi connectivity index (χ2n) is 4.69. The van der Waals surface area contributed by atoms with Crippen LogP contribution in [0.4, 0.5) is 0 Å². The predicted octanol–water partition coefficient (Wildman–Crippen LogP) is 2.54. The normalized spacial score (nSPS) is 12.6. The molecule has 8 heteroatoms. The first-order valence-corrected chi connectivity index (χ1v) is 8.21. The van der Waals surface area contributed by atoms with E-state index in [1.807, 2.05) is 13.8 Å². The highest BCUT2D eigenvalue weighted by atomic mass is 79.9. The van der Waals surface area contributed by atoms with E-state index < -0.39 is 10.0 Å². The van der Waals surface area contributed by atoms with E-state index in [0.29, 0.717) is 21.8 Å². The number of halogens is 2. The first-order chi connectivity index (χ1) is 7.70. The highest BCUT2D eigenvalue weighted by molar-refractivity contribution is 9.10. The van der Waals surface area contributed by atoms with Crippen LogP contribution in [-0.4, -0.2) is 32.9 Å². The van der Waals surface area contributed by atoms with Crippen molar-refractivity contribution >= 4 is 49.7 Å². The maximum atomic E-state index is 12.3. The summed E-state index contributed by atoms with van der Waals surface area (Å²) in [4.78, 5) is 0. The molecule has 0 aliphatic heterocycles. The van der Waals surface area contributed by atoms with E-state index >= 15 is 0 Å². The van der Waals surface area contributed by atoms with Crippen LogP contribution in [-0.2, 0) is 10.0 Å². The Hall–Kier alpha value is 0.340. The Morgan fingerprint density at radius 3 is 2.44 bits per heavy atom. The van der Waals surface area contributed by atoms with Crippen LogP contribution in [0.2, 0.25) is 0 Å². The van der Waals surface area contributed by atoms with E-state index in [1.165, 1.54) is 15.6 Å². The summed E-state index contributed by atoms with van der Waals surface area (Å²) < 4.78 is 26.9. The van der Waals surface area contributed by atoms with Crippen LogP contribution >= 0.6 is 39.7 Å². The number of thiophene rings is 1. The maximum absolute atomic E-state index is 12.3. The molecular formula is C10H18BrClN2O2S2. The van der Waals surface area contributed by atoms with Gasteiger partial charge in [-0.2, -0.15) is 4.31 Å². The van der Waals surface area contributed by atoms with Gasteiger partial charge >= 0.3 is 0 Å². The summed E-state index contributed by atoms with van der Waals surface area (Å²) >= 11 is 4.46. The lowest BCUT2D eigenvalue weighted by Crippen LogP contribution is -2.39. The van der Waals surface area contributed by atoms with E-state index in [-0.39, 0.29) is 17.8 Å². The van der Waals surface area contributed by atoms with Gasteiger partial charge in [0.05, 0.1) is 0 Å². The first kappa shape index (κ1) is 18.3.